The fourth-order valence-corrected chi connectivity index (χ4v) is 5.16. The monoisotopic (exact) mass is 425 g/mol. The van der Waals surface area contributed by atoms with Gasteiger partial charge in [0.2, 0.25) is 15.9 Å². The third kappa shape index (κ3) is 4.27. The van der Waals surface area contributed by atoms with E-state index in [1.54, 1.807) is 59.7 Å². The van der Waals surface area contributed by atoms with Crippen molar-refractivity contribution in [2.75, 3.05) is 13.1 Å². The Kier molecular flexibility index (Phi) is 5.91. The van der Waals surface area contributed by atoms with E-state index in [-0.39, 0.29) is 23.3 Å². The van der Waals surface area contributed by atoms with Crippen molar-refractivity contribution in [3.8, 4) is 5.82 Å². The van der Waals surface area contributed by atoms with Gasteiger partial charge in [-0.3, -0.25) is 4.79 Å². The fraction of sp³-hybridized carbons (Fsp3) is 0.286. The molecule has 3 aromatic rings. The van der Waals surface area contributed by atoms with Crippen LogP contribution in [-0.4, -0.2) is 46.5 Å². The van der Waals surface area contributed by atoms with Crippen LogP contribution < -0.4 is 5.32 Å². The fourth-order valence-electron chi connectivity index (χ4n) is 3.61. The minimum Gasteiger partial charge on any atom is -0.352 e. The molecule has 30 heavy (non-hydrogen) atoms. The summed E-state index contributed by atoms with van der Waals surface area (Å²) < 4.78 is 28.8. The predicted molar refractivity (Wildman–Crippen MR) is 111 cm³/mol. The zero-order valence-corrected chi connectivity index (χ0v) is 17.2. The predicted octanol–water partition coefficient (Wildman–Crippen LogP) is 1.98. The van der Waals surface area contributed by atoms with Crippen molar-refractivity contribution in [1.29, 1.82) is 0 Å². The van der Waals surface area contributed by atoms with Crippen LogP contribution in [0.4, 0.5) is 0 Å². The largest absolute Gasteiger partial charge is 0.352 e. The van der Waals surface area contributed by atoms with Crippen molar-refractivity contribution in [2.45, 2.75) is 24.3 Å². The second kappa shape index (κ2) is 8.76. The number of nitrogens with zero attached hydrogens (tertiary/aromatic N) is 4. The molecule has 0 spiro atoms. The SMILES string of the molecule is O=C(NCc1cccnc1-n1cccn1)[C@H]1CCCN(S(=O)(=O)c2ccccc2)C1. The summed E-state index contributed by atoms with van der Waals surface area (Å²) in [5.41, 5.74) is 0.833. The van der Waals surface area contributed by atoms with Crippen molar-refractivity contribution in [3.05, 3.63) is 72.7 Å². The van der Waals surface area contributed by atoms with E-state index >= 15 is 0 Å². The van der Waals surface area contributed by atoms with Crippen molar-refractivity contribution < 1.29 is 13.2 Å². The van der Waals surface area contributed by atoms with E-state index in [4.69, 9.17) is 0 Å². The summed E-state index contributed by atoms with van der Waals surface area (Å²) >= 11 is 0. The van der Waals surface area contributed by atoms with Crippen LogP contribution in [0.3, 0.4) is 0 Å². The Labute approximate surface area is 175 Å². The molecule has 1 amide bonds. The molecule has 1 aliphatic rings. The molecule has 9 heteroatoms. The van der Waals surface area contributed by atoms with Crippen molar-refractivity contribution in [3.63, 3.8) is 0 Å². The summed E-state index contributed by atoms with van der Waals surface area (Å²) in [6.07, 6.45) is 6.44. The molecule has 0 saturated carbocycles. The lowest BCUT2D eigenvalue weighted by atomic mass is 9.99. The Bertz CT molecular complexity index is 1100. The summed E-state index contributed by atoms with van der Waals surface area (Å²) in [5, 5.41) is 7.14. The number of carbonyl (C=O) groups is 1. The number of amides is 1. The van der Waals surface area contributed by atoms with Gasteiger partial charge in [-0.05, 0) is 37.1 Å². The third-order valence-electron chi connectivity index (χ3n) is 5.18. The maximum atomic E-state index is 12.9. The minimum absolute atomic E-state index is 0.154. The molecule has 0 unspecified atom stereocenters. The molecule has 1 N–H and O–H groups in total. The van der Waals surface area contributed by atoms with Gasteiger partial charge in [0.25, 0.3) is 0 Å². The smallest absolute Gasteiger partial charge is 0.243 e. The number of carbonyl (C=O) groups excluding carboxylic acids is 1. The summed E-state index contributed by atoms with van der Waals surface area (Å²) in [6, 6.07) is 13.8. The Balaban J connectivity index is 1.43. The molecule has 1 atom stereocenters. The van der Waals surface area contributed by atoms with Gasteiger partial charge in [-0.2, -0.15) is 9.40 Å². The molecule has 0 bridgehead atoms. The maximum Gasteiger partial charge on any atom is 0.243 e. The van der Waals surface area contributed by atoms with E-state index in [9.17, 15) is 13.2 Å². The van der Waals surface area contributed by atoms with Gasteiger partial charge in [-0.1, -0.05) is 24.3 Å². The van der Waals surface area contributed by atoms with E-state index in [1.165, 1.54) is 4.31 Å². The Hall–Kier alpha value is -3.04. The highest BCUT2D eigenvalue weighted by Gasteiger charge is 2.33. The molecule has 3 heterocycles. The number of nitrogens with one attached hydrogen (secondary N) is 1. The number of hydrogen-bond donors (Lipinski definition) is 1. The average molecular weight is 426 g/mol. The van der Waals surface area contributed by atoms with Gasteiger partial charge >= 0.3 is 0 Å². The molecular weight excluding hydrogens is 402 g/mol. The zero-order valence-electron chi connectivity index (χ0n) is 16.4. The second-order valence-corrected chi connectivity index (χ2v) is 9.11. The molecule has 1 fully saturated rings. The highest BCUT2D eigenvalue weighted by atomic mass is 32.2. The van der Waals surface area contributed by atoms with Crippen LogP contribution in [0, 0.1) is 5.92 Å². The van der Waals surface area contributed by atoms with Gasteiger partial charge in [0.05, 0.1) is 10.8 Å². The zero-order chi connectivity index (χ0) is 21.0. The number of aromatic nitrogens is 3. The molecular formula is C21H23N5O3S. The van der Waals surface area contributed by atoms with Gasteiger partial charge < -0.3 is 5.32 Å². The van der Waals surface area contributed by atoms with Crippen molar-refractivity contribution in [2.24, 2.45) is 5.92 Å². The van der Waals surface area contributed by atoms with Crippen LogP contribution in [0.2, 0.25) is 0 Å². The van der Waals surface area contributed by atoms with Gasteiger partial charge in [0, 0.05) is 43.8 Å². The topological polar surface area (TPSA) is 97.2 Å². The lowest BCUT2D eigenvalue weighted by Gasteiger charge is -2.31. The normalized spacial score (nSPS) is 17.5. The van der Waals surface area contributed by atoms with Crippen LogP contribution in [0.25, 0.3) is 5.82 Å². The summed E-state index contributed by atoms with van der Waals surface area (Å²) in [4.78, 5) is 17.4. The van der Waals surface area contributed by atoms with Crippen molar-refractivity contribution in [1.82, 2.24) is 24.4 Å². The lowest BCUT2D eigenvalue weighted by molar-refractivity contribution is -0.126. The van der Waals surface area contributed by atoms with Gasteiger partial charge in [-0.15, -0.1) is 0 Å². The van der Waals surface area contributed by atoms with Crippen LogP contribution in [0.5, 0.6) is 0 Å². The molecule has 4 rings (SSSR count). The Morgan fingerprint density at radius 2 is 1.93 bits per heavy atom. The van der Waals surface area contributed by atoms with Crippen molar-refractivity contribution >= 4 is 15.9 Å². The maximum absolute atomic E-state index is 12.9. The molecule has 0 radical (unpaired) electrons. The van der Waals surface area contributed by atoms with Gasteiger partial charge in [0.15, 0.2) is 5.82 Å². The van der Waals surface area contributed by atoms with Crippen LogP contribution >= 0.6 is 0 Å². The lowest BCUT2D eigenvalue weighted by Crippen LogP contribution is -2.45. The summed E-state index contributed by atoms with van der Waals surface area (Å²) in [5.74, 6) is 0.111. The minimum atomic E-state index is -3.60. The highest BCUT2D eigenvalue weighted by molar-refractivity contribution is 7.89. The van der Waals surface area contributed by atoms with E-state index in [0.717, 1.165) is 5.56 Å². The molecule has 0 aliphatic carbocycles. The van der Waals surface area contributed by atoms with E-state index < -0.39 is 10.0 Å². The number of pyridine rings is 1. The number of hydrogen-bond acceptors (Lipinski definition) is 5. The standard InChI is InChI=1S/C21H23N5O3S/c27-21(23-15-17-7-4-11-22-20(17)26-14-6-12-24-26)18-8-5-13-25(16-18)30(28,29)19-9-2-1-3-10-19/h1-4,6-7,9-12,14,18H,5,8,13,15-16H2,(H,23,27)/t18-/m0/s1. The first-order valence-corrected chi connectivity index (χ1v) is 11.3. The Morgan fingerprint density at radius 1 is 1.10 bits per heavy atom. The molecule has 1 aromatic carbocycles. The molecule has 2 aromatic heterocycles. The Morgan fingerprint density at radius 3 is 2.70 bits per heavy atom. The highest BCUT2D eigenvalue weighted by Crippen LogP contribution is 2.24. The number of piperidine rings is 1. The van der Waals surface area contributed by atoms with E-state index in [0.29, 0.717) is 31.7 Å². The number of benzene rings is 1. The van der Waals surface area contributed by atoms with Gasteiger partial charge in [-0.25, -0.2) is 18.1 Å². The van der Waals surface area contributed by atoms with E-state index in [1.807, 2.05) is 12.1 Å². The van der Waals surface area contributed by atoms with Crippen LogP contribution in [0.15, 0.2) is 72.0 Å². The van der Waals surface area contributed by atoms with Gasteiger partial charge in [0.1, 0.15) is 0 Å². The number of sulfonamides is 1. The van der Waals surface area contributed by atoms with Crippen LogP contribution in [0.1, 0.15) is 18.4 Å². The third-order valence-corrected chi connectivity index (χ3v) is 7.06. The number of rotatable bonds is 6. The van der Waals surface area contributed by atoms with Crippen LogP contribution in [-0.2, 0) is 21.4 Å². The summed E-state index contributed by atoms with van der Waals surface area (Å²) in [6.45, 7) is 0.902. The molecule has 1 aliphatic heterocycles. The first-order valence-electron chi connectivity index (χ1n) is 9.82. The first kappa shape index (κ1) is 20.2. The quantitative estimate of drug-likeness (QED) is 0.651. The molecule has 156 valence electrons. The van der Waals surface area contributed by atoms with E-state index in [2.05, 4.69) is 15.4 Å². The second-order valence-electron chi connectivity index (χ2n) is 7.17. The summed E-state index contributed by atoms with van der Waals surface area (Å²) in [7, 11) is -3.60. The molecule has 1 saturated heterocycles. The molecule has 8 nitrogen and oxygen atoms in total. The average Bonchev–Trinajstić information content (AvgIpc) is 3.33. The first-order chi connectivity index (χ1) is 14.6.